The molecule has 11 heteroatoms. The van der Waals surface area contributed by atoms with E-state index in [-0.39, 0.29) is 35.2 Å². The van der Waals surface area contributed by atoms with Crippen LogP contribution in [-0.4, -0.2) is 53.4 Å². The monoisotopic (exact) mass is 541 g/mol. The normalized spacial score (nSPS) is 17.5. The van der Waals surface area contributed by atoms with Crippen molar-refractivity contribution in [2.24, 2.45) is 0 Å². The first-order chi connectivity index (χ1) is 17.4. The van der Waals surface area contributed by atoms with Crippen LogP contribution in [0.1, 0.15) is 23.0 Å². The van der Waals surface area contributed by atoms with Crippen molar-refractivity contribution in [3.05, 3.63) is 35.6 Å². The first-order valence-corrected chi connectivity index (χ1v) is 18.5. The first-order valence-electron chi connectivity index (χ1n) is 12.2. The van der Waals surface area contributed by atoms with Crippen LogP contribution in [0.4, 0.5) is 5.69 Å². The van der Waals surface area contributed by atoms with Crippen molar-refractivity contribution in [3.8, 4) is 29.5 Å². The number of carbonyl (C=O) groups is 1. The van der Waals surface area contributed by atoms with Gasteiger partial charge in [0.25, 0.3) is 11.9 Å². The molecule has 3 heterocycles. The van der Waals surface area contributed by atoms with E-state index in [1.54, 1.807) is 17.3 Å². The molecule has 1 atom stereocenters. The number of aryl methyl sites for hydroxylation is 1. The van der Waals surface area contributed by atoms with Crippen LogP contribution in [0.15, 0.2) is 28.7 Å². The van der Waals surface area contributed by atoms with Crippen molar-refractivity contribution in [1.82, 2.24) is 9.97 Å². The van der Waals surface area contributed by atoms with E-state index in [4.69, 9.17) is 23.4 Å². The Labute approximate surface area is 219 Å². The van der Waals surface area contributed by atoms with Gasteiger partial charge in [0, 0.05) is 6.07 Å². The fraction of sp³-hybridized carbons (Fsp3) is 0.423. The van der Waals surface area contributed by atoms with E-state index in [2.05, 4.69) is 67.5 Å². The predicted molar refractivity (Wildman–Crippen MR) is 148 cm³/mol. The summed E-state index contributed by atoms with van der Waals surface area (Å²) in [5.41, 5.74) is 1.98. The van der Waals surface area contributed by atoms with Gasteiger partial charge in [-0.05, 0) is 30.2 Å². The molecular formula is C26H35N3O6Si2. The minimum atomic E-state index is -1.60. The summed E-state index contributed by atoms with van der Waals surface area (Å²) in [4.78, 5) is 21.2. The molecule has 37 heavy (non-hydrogen) atoms. The minimum absolute atomic E-state index is 0.0487. The number of furan rings is 1. The van der Waals surface area contributed by atoms with Crippen molar-refractivity contribution >= 4 is 38.1 Å². The molecule has 198 valence electrons. The highest BCUT2D eigenvalue weighted by Gasteiger charge is 2.44. The molecule has 0 bridgehead atoms. The second-order valence-electron chi connectivity index (χ2n) is 10.7. The van der Waals surface area contributed by atoms with Gasteiger partial charge < -0.3 is 28.7 Å². The molecule has 0 fully saturated rings. The lowest BCUT2D eigenvalue weighted by Gasteiger charge is -2.44. The van der Waals surface area contributed by atoms with Gasteiger partial charge in [-0.2, -0.15) is 9.97 Å². The van der Waals surface area contributed by atoms with Crippen LogP contribution in [0.2, 0.25) is 37.8 Å². The Kier molecular flexibility index (Phi) is 7.13. The molecule has 0 saturated heterocycles. The van der Waals surface area contributed by atoms with E-state index < -0.39 is 22.1 Å². The standard InChI is InChI=1S/C26H35N3O6Si2/c1-15-12-20-19(36(6,7)14-16(2)37(20,8)9)13-18(15)35-21-11-10-17(34-21)23(30)27-22-24(31-3)28-26(33-5)29-25(22)32-4/h10-13,16H,14H2,1-9H3,(H,27,30). The van der Waals surface area contributed by atoms with E-state index in [1.165, 1.54) is 32.6 Å². The number of amides is 1. The van der Waals surface area contributed by atoms with Crippen LogP contribution in [0.5, 0.6) is 29.5 Å². The van der Waals surface area contributed by atoms with Crippen molar-refractivity contribution in [3.63, 3.8) is 0 Å². The van der Waals surface area contributed by atoms with Gasteiger partial charge in [-0.1, -0.05) is 55.6 Å². The maximum absolute atomic E-state index is 13.0. The third-order valence-electron chi connectivity index (χ3n) is 7.43. The van der Waals surface area contributed by atoms with Gasteiger partial charge in [-0.15, -0.1) is 0 Å². The first kappa shape index (κ1) is 26.7. The van der Waals surface area contributed by atoms with E-state index in [9.17, 15) is 4.79 Å². The van der Waals surface area contributed by atoms with Crippen LogP contribution in [0.3, 0.4) is 0 Å². The molecule has 1 aromatic carbocycles. The smallest absolute Gasteiger partial charge is 0.322 e. The Morgan fingerprint density at radius 3 is 2.24 bits per heavy atom. The lowest BCUT2D eigenvalue weighted by molar-refractivity contribution is 0.0990. The number of hydrogen-bond acceptors (Lipinski definition) is 8. The van der Waals surface area contributed by atoms with Crippen molar-refractivity contribution < 1.29 is 28.2 Å². The van der Waals surface area contributed by atoms with Crippen LogP contribution < -0.4 is 34.6 Å². The van der Waals surface area contributed by atoms with Gasteiger partial charge in [0.05, 0.1) is 37.5 Å². The van der Waals surface area contributed by atoms with Gasteiger partial charge in [-0.25, -0.2) is 0 Å². The van der Waals surface area contributed by atoms with Gasteiger partial charge >= 0.3 is 6.01 Å². The average Bonchev–Trinajstić information content (AvgIpc) is 3.32. The molecular weight excluding hydrogens is 506 g/mol. The summed E-state index contributed by atoms with van der Waals surface area (Å²) in [6.07, 6.45) is 0. The molecule has 4 rings (SSSR count). The van der Waals surface area contributed by atoms with Gasteiger partial charge in [-0.3, -0.25) is 4.79 Å². The lowest BCUT2D eigenvalue weighted by atomic mass is 10.2. The number of ether oxygens (including phenoxy) is 4. The number of rotatable bonds is 7. The molecule has 9 nitrogen and oxygen atoms in total. The molecule has 2 aromatic heterocycles. The Hall–Kier alpha value is -3.32. The minimum Gasteiger partial charge on any atom is -0.479 e. The largest absolute Gasteiger partial charge is 0.479 e. The maximum atomic E-state index is 13.0. The number of nitrogens with one attached hydrogen (secondary N) is 1. The third kappa shape index (κ3) is 4.97. The van der Waals surface area contributed by atoms with Crippen LogP contribution in [0, 0.1) is 6.92 Å². The molecule has 1 N–H and O–H groups in total. The number of methoxy groups -OCH3 is 3. The highest BCUT2D eigenvalue weighted by atomic mass is 28.3. The number of hydrogen-bond donors (Lipinski definition) is 1. The maximum Gasteiger partial charge on any atom is 0.322 e. The van der Waals surface area contributed by atoms with Crippen molar-refractivity contribution in [1.29, 1.82) is 0 Å². The van der Waals surface area contributed by atoms with Gasteiger partial charge in [0.2, 0.25) is 11.8 Å². The number of benzene rings is 1. The summed E-state index contributed by atoms with van der Waals surface area (Å²) in [6.45, 7) is 14.3. The van der Waals surface area contributed by atoms with Crippen molar-refractivity contribution in [2.45, 2.75) is 51.6 Å². The summed E-state index contributed by atoms with van der Waals surface area (Å²) >= 11 is 0. The van der Waals surface area contributed by atoms with Crippen LogP contribution in [-0.2, 0) is 0 Å². The van der Waals surface area contributed by atoms with Crippen molar-refractivity contribution in [2.75, 3.05) is 26.6 Å². The van der Waals surface area contributed by atoms with Gasteiger partial charge in [0.1, 0.15) is 5.75 Å². The second kappa shape index (κ2) is 9.86. The quantitative estimate of drug-likeness (QED) is 0.430. The molecule has 0 spiro atoms. The molecule has 0 radical (unpaired) electrons. The second-order valence-corrected chi connectivity index (χ2v) is 20.3. The Balaban J connectivity index is 1.59. The number of nitrogens with zero attached hydrogens (tertiary/aromatic N) is 2. The summed E-state index contributed by atoms with van der Waals surface area (Å²) in [5.74, 6) is 0.708. The average molecular weight is 542 g/mol. The van der Waals surface area contributed by atoms with Crippen LogP contribution in [0.25, 0.3) is 0 Å². The van der Waals surface area contributed by atoms with E-state index in [0.717, 1.165) is 16.9 Å². The number of fused-ring (bicyclic) bond motifs is 1. The van der Waals surface area contributed by atoms with E-state index in [1.807, 2.05) is 0 Å². The summed E-state index contributed by atoms with van der Waals surface area (Å²) in [7, 11) is 1.11. The Morgan fingerprint density at radius 1 is 1.00 bits per heavy atom. The number of anilines is 1. The molecule has 1 unspecified atom stereocenters. The topological polar surface area (TPSA) is 105 Å². The molecule has 1 aliphatic heterocycles. The zero-order valence-corrected chi connectivity index (χ0v) is 24.9. The molecule has 3 aromatic rings. The summed E-state index contributed by atoms with van der Waals surface area (Å²) < 4.78 is 27.5. The SMILES string of the molecule is COc1nc(OC)c(NC(=O)c2ccc(Oc3cc4c(cc3C)[Si](C)(C)C(C)C[Si]4(C)C)o2)c(OC)n1. The summed E-state index contributed by atoms with van der Waals surface area (Å²) in [6, 6.07) is 9.06. The number of carbonyl (C=O) groups excluding carboxylic acids is 1. The molecule has 1 aliphatic rings. The fourth-order valence-corrected chi connectivity index (χ4v) is 15.5. The fourth-order valence-electron chi connectivity index (χ4n) is 4.96. The predicted octanol–water partition coefficient (Wildman–Crippen LogP) is 4.68. The zero-order chi connectivity index (χ0) is 27.1. The Morgan fingerprint density at radius 2 is 1.65 bits per heavy atom. The zero-order valence-electron chi connectivity index (χ0n) is 22.9. The highest BCUT2D eigenvalue weighted by molar-refractivity contribution is 7.04. The third-order valence-corrected chi connectivity index (χ3v) is 16.1. The lowest BCUT2D eigenvalue weighted by Crippen LogP contribution is -2.65. The van der Waals surface area contributed by atoms with E-state index in [0.29, 0.717) is 0 Å². The highest BCUT2D eigenvalue weighted by Crippen LogP contribution is 2.37. The molecule has 0 saturated carbocycles. The summed E-state index contributed by atoms with van der Waals surface area (Å²) in [5, 5.41) is 5.72. The van der Waals surface area contributed by atoms with E-state index >= 15 is 0 Å². The molecule has 0 aliphatic carbocycles. The Bertz CT molecular complexity index is 1310. The number of aromatic nitrogens is 2. The molecule has 1 amide bonds. The van der Waals surface area contributed by atoms with Crippen LogP contribution >= 0.6 is 0 Å². The van der Waals surface area contributed by atoms with Gasteiger partial charge in [0.15, 0.2) is 11.4 Å².